The van der Waals surface area contributed by atoms with Gasteiger partial charge in [-0.05, 0) is 29.0 Å². The predicted octanol–water partition coefficient (Wildman–Crippen LogP) is 2.00. The highest BCUT2D eigenvalue weighted by Gasteiger charge is 2.15. The number of rotatable bonds is 8. The molecule has 1 aromatic rings. The lowest BCUT2D eigenvalue weighted by atomic mass is 9.90. The van der Waals surface area contributed by atoms with Gasteiger partial charge in [0.1, 0.15) is 0 Å². The molecule has 1 unspecified atom stereocenters. The van der Waals surface area contributed by atoms with Gasteiger partial charge in [-0.3, -0.25) is 14.4 Å². The second-order valence-corrected chi connectivity index (χ2v) is 5.20. The Hall–Kier alpha value is -2.37. The molecule has 0 saturated carbocycles. The van der Waals surface area contributed by atoms with Crippen molar-refractivity contribution >= 4 is 17.9 Å². The third-order valence-corrected chi connectivity index (χ3v) is 3.29. The summed E-state index contributed by atoms with van der Waals surface area (Å²) in [5.41, 5.74) is 2.00. The zero-order valence-corrected chi connectivity index (χ0v) is 12.7. The monoisotopic (exact) mass is 308 g/mol. The first-order valence-electron chi connectivity index (χ1n) is 6.98. The number of carbonyl (C=O) groups excluding carboxylic acids is 1. The summed E-state index contributed by atoms with van der Waals surface area (Å²) in [6.45, 7) is 3.52. The third-order valence-electron chi connectivity index (χ3n) is 3.29. The van der Waals surface area contributed by atoms with Crippen LogP contribution in [0.4, 0.5) is 0 Å². The minimum absolute atomic E-state index is 0.00702. The van der Waals surface area contributed by atoms with Crippen LogP contribution in [0, 0.1) is 0 Å². The highest BCUT2D eigenvalue weighted by atomic mass is 16.5. The average Bonchev–Trinajstić information content (AvgIpc) is 2.36. The van der Waals surface area contributed by atoms with E-state index in [4.69, 9.17) is 14.9 Å². The summed E-state index contributed by atoms with van der Waals surface area (Å²) >= 11 is 0. The minimum Gasteiger partial charge on any atom is -0.481 e. The Morgan fingerprint density at radius 1 is 1.14 bits per heavy atom. The lowest BCUT2D eigenvalue weighted by Crippen LogP contribution is -2.10. The van der Waals surface area contributed by atoms with Crippen molar-refractivity contribution in [2.24, 2.45) is 0 Å². The van der Waals surface area contributed by atoms with E-state index >= 15 is 0 Å². The first kappa shape index (κ1) is 17.7. The van der Waals surface area contributed by atoms with E-state index in [1.54, 1.807) is 18.2 Å². The molecule has 2 N–H and O–H groups in total. The van der Waals surface area contributed by atoms with Crippen molar-refractivity contribution in [2.45, 2.75) is 39.0 Å². The lowest BCUT2D eigenvalue weighted by Gasteiger charge is -2.17. The van der Waals surface area contributed by atoms with Crippen LogP contribution in [0.1, 0.15) is 42.9 Å². The molecule has 120 valence electrons. The molecule has 0 radical (unpaired) electrons. The van der Waals surface area contributed by atoms with Crippen molar-refractivity contribution in [3.05, 3.63) is 34.9 Å². The van der Waals surface area contributed by atoms with E-state index in [0.717, 1.165) is 5.56 Å². The number of ether oxygens (including phenoxy) is 1. The second-order valence-electron chi connectivity index (χ2n) is 5.20. The number of aliphatic carboxylic acids is 2. The van der Waals surface area contributed by atoms with E-state index in [9.17, 15) is 14.4 Å². The van der Waals surface area contributed by atoms with Crippen LogP contribution in [0.15, 0.2) is 18.2 Å². The number of esters is 1. The first-order chi connectivity index (χ1) is 10.3. The molecule has 0 aliphatic heterocycles. The fraction of sp³-hybridized carbons (Fsp3) is 0.438. The van der Waals surface area contributed by atoms with Gasteiger partial charge in [0.2, 0.25) is 0 Å². The molecule has 0 bridgehead atoms. The van der Waals surface area contributed by atoms with E-state index in [1.165, 1.54) is 6.92 Å². The molecule has 22 heavy (non-hydrogen) atoms. The molecule has 0 aliphatic carbocycles. The number of carbonyl (C=O) groups is 3. The average molecular weight is 308 g/mol. The van der Waals surface area contributed by atoms with Crippen LogP contribution in [0.25, 0.3) is 0 Å². The summed E-state index contributed by atoms with van der Waals surface area (Å²) in [6.07, 6.45) is 0.264. The maximum absolute atomic E-state index is 11.0. The van der Waals surface area contributed by atoms with Crippen LogP contribution in [-0.2, 0) is 32.0 Å². The number of benzene rings is 1. The Kier molecular flexibility index (Phi) is 6.56. The molecule has 1 aromatic carbocycles. The quantitative estimate of drug-likeness (QED) is 0.712. The molecule has 6 nitrogen and oxygen atoms in total. The van der Waals surface area contributed by atoms with Crippen LogP contribution in [0.3, 0.4) is 0 Å². The maximum Gasteiger partial charge on any atom is 0.307 e. The van der Waals surface area contributed by atoms with Crippen molar-refractivity contribution in [1.82, 2.24) is 0 Å². The van der Waals surface area contributed by atoms with Gasteiger partial charge in [-0.1, -0.05) is 25.1 Å². The second kappa shape index (κ2) is 8.17. The Morgan fingerprint density at radius 3 is 2.32 bits per heavy atom. The molecule has 1 atom stereocenters. The van der Waals surface area contributed by atoms with Gasteiger partial charge < -0.3 is 14.9 Å². The number of carboxylic acid groups (broad SMARTS) is 2. The molecule has 0 spiro atoms. The summed E-state index contributed by atoms with van der Waals surface area (Å²) in [5, 5.41) is 17.8. The van der Waals surface area contributed by atoms with E-state index < -0.39 is 11.9 Å². The Morgan fingerprint density at radius 2 is 1.77 bits per heavy atom. The molecular formula is C16H20O6. The van der Waals surface area contributed by atoms with Crippen LogP contribution in [0.5, 0.6) is 0 Å². The van der Waals surface area contributed by atoms with Crippen molar-refractivity contribution in [2.75, 3.05) is 6.61 Å². The Labute approximate surface area is 128 Å². The molecule has 0 heterocycles. The van der Waals surface area contributed by atoms with Crippen molar-refractivity contribution in [1.29, 1.82) is 0 Å². The SMILES string of the molecule is CC(=O)OCCC(C)c1ccc(CC(=O)O)cc1CC(=O)O. The molecule has 0 aromatic heterocycles. The smallest absolute Gasteiger partial charge is 0.307 e. The molecule has 0 aliphatic rings. The van der Waals surface area contributed by atoms with Gasteiger partial charge in [-0.25, -0.2) is 0 Å². The van der Waals surface area contributed by atoms with E-state index in [0.29, 0.717) is 17.5 Å². The van der Waals surface area contributed by atoms with E-state index in [1.807, 2.05) is 6.92 Å². The standard InChI is InChI=1S/C16H20O6/c1-10(5-6-22-11(2)17)14-4-3-12(8-15(18)19)7-13(14)9-16(20)21/h3-4,7,10H,5-6,8-9H2,1-2H3,(H,18,19)(H,20,21). The topological polar surface area (TPSA) is 101 Å². The van der Waals surface area contributed by atoms with Gasteiger partial charge in [-0.15, -0.1) is 0 Å². The van der Waals surface area contributed by atoms with Crippen LogP contribution < -0.4 is 0 Å². The van der Waals surface area contributed by atoms with Gasteiger partial charge in [0.25, 0.3) is 0 Å². The molecule has 0 fully saturated rings. The number of hydrogen-bond acceptors (Lipinski definition) is 4. The van der Waals surface area contributed by atoms with Crippen molar-refractivity contribution in [3.63, 3.8) is 0 Å². The molecule has 0 amide bonds. The van der Waals surface area contributed by atoms with Crippen LogP contribution >= 0.6 is 0 Å². The zero-order valence-electron chi connectivity index (χ0n) is 12.7. The maximum atomic E-state index is 11.0. The first-order valence-corrected chi connectivity index (χ1v) is 6.98. The van der Waals surface area contributed by atoms with Gasteiger partial charge in [-0.2, -0.15) is 0 Å². The van der Waals surface area contributed by atoms with E-state index in [2.05, 4.69) is 0 Å². The summed E-state index contributed by atoms with van der Waals surface area (Å²) in [6, 6.07) is 5.08. The Bertz CT molecular complexity index is 564. The molecule has 1 rings (SSSR count). The fourth-order valence-electron chi connectivity index (χ4n) is 2.28. The number of carboxylic acids is 2. The van der Waals surface area contributed by atoms with E-state index in [-0.39, 0.29) is 31.3 Å². The fourth-order valence-corrected chi connectivity index (χ4v) is 2.28. The predicted molar refractivity (Wildman–Crippen MR) is 78.8 cm³/mol. The summed E-state index contributed by atoms with van der Waals surface area (Å²) in [4.78, 5) is 32.5. The summed E-state index contributed by atoms with van der Waals surface area (Å²) in [7, 11) is 0. The summed E-state index contributed by atoms with van der Waals surface area (Å²) < 4.78 is 4.90. The van der Waals surface area contributed by atoms with Gasteiger partial charge >= 0.3 is 17.9 Å². The Balaban J connectivity index is 2.93. The molecular weight excluding hydrogens is 288 g/mol. The largest absolute Gasteiger partial charge is 0.481 e. The normalized spacial score (nSPS) is 11.7. The zero-order chi connectivity index (χ0) is 16.7. The lowest BCUT2D eigenvalue weighted by molar-refractivity contribution is -0.141. The van der Waals surface area contributed by atoms with Crippen molar-refractivity contribution < 1.29 is 29.3 Å². The van der Waals surface area contributed by atoms with Gasteiger partial charge in [0.15, 0.2) is 0 Å². The molecule has 0 saturated heterocycles. The minimum atomic E-state index is -0.971. The van der Waals surface area contributed by atoms with Gasteiger partial charge in [0, 0.05) is 6.92 Å². The van der Waals surface area contributed by atoms with Crippen LogP contribution in [-0.4, -0.2) is 34.7 Å². The van der Waals surface area contributed by atoms with Gasteiger partial charge in [0.05, 0.1) is 19.4 Å². The summed E-state index contributed by atoms with van der Waals surface area (Å²) in [5.74, 6) is -2.28. The highest BCUT2D eigenvalue weighted by molar-refractivity contribution is 5.72. The van der Waals surface area contributed by atoms with Crippen molar-refractivity contribution in [3.8, 4) is 0 Å². The number of hydrogen-bond donors (Lipinski definition) is 2. The highest BCUT2D eigenvalue weighted by Crippen LogP contribution is 2.25. The van der Waals surface area contributed by atoms with Crippen LogP contribution in [0.2, 0.25) is 0 Å². The molecule has 6 heteroatoms. The third kappa shape index (κ3) is 5.95.